The monoisotopic (exact) mass is 420 g/mol. The highest BCUT2D eigenvalue weighted by molar-refractivity contribution is 7.92. The van der Waals surface area contributed by atoms with Gasteiger partial charge in [-0.2, -0.15) is 4.98 Å². The van der Waals surface area contributed by atoms with Gasteiger partial charge in [0.15, 0.2) is 5.76 Å². The number of carbonyl (C=O) groups excluding carboxylic acids is 1. The van der Waals surface area contributed by atoms with Gasteiger partial charge in [-0.1, -0.05) is 5.16 Å². The van der Waals surface area contributed by atoms with E-state index in [4.69, 9.17) is 13.7 Å². The maximum Gasteiger partial charge on any atom is 0.238 e. The van der Waals surface area contributed by atoms with Gasteiger partial charge in [-0.25, -0.2) is 8.42 Å². The molecule has 0 unspecified atom stereocenters. The molecule has 0 radical (unpaired) electrons. The molecule has 2 heterocycles. The third-order valence-corrected chi connectivity index (χ3v) is 5.20. The molecule has 10 nitrogen and oxygen atoms in total. The first-order valence-electron chi connectivity index (χ1n) is 8.75. The SMILES string of the molecule is CCS(=O)(=O)Nc1ccc(NC(=O)CCc2nc(-c3ccco3)no2)cc1OC. The van der Waals surface area contributed by atoms with E-state index in [9.17, 15) is 13.2 Å². The number of hydrogen-bond donors (Lipinski definition) is 2. The number of nitrogens with one attached hydrogen (secondary N) is 2. The normalized spacial score (nSPS) is 11.2. The van der Waals surface area contributed by atoms with E-state index in [-0.39, 0.29) is 24.5 Å². The Balaban J connectivity index is 1.59. The predicted octanol–water partition coefficient (Wildman–Crippen LogP) is 2.67. The van der Waals surface area contributed by atoms with Crippen LogP contribution in [-0.4, -0.2) is 37.3 Å². The van der Waals surface area contributed by atoms with E-state index in [2.05, 4.69) is 20.2 Å². The fourth-order valence-corrected chi connectivity index (χ4v) is 3.05. The molecule has 2 N–H and O–H groups in total. The van der Waals surface area contributed by atoms with Gasteiger partial charge in [0, 0.05) is 24.6 Å². The fraction of sp³-hybridized carbons (Fsp3) is 0.278. The van der Waals surface area contributed by atoms with Gasteiger partial charge < -0.3 is 19.0 Å². The molecule has 0 saturated carbocycles. The van der Waals surface area contributed by atoms with Crippen LogP contribution in [0.15, 0.2) is 45.5 Å². The first-order chi connectivity index (χ1) is 13.9. The molecule has 11 heteroatoms. The summed E-state index contributed by atoms with van der Waals surface area (Å²) in [5, 5.41) is 6.53. The summed E-state index contributed by atoms with van der Waals surface area (Å²) in [6.45, 7) is 1.53. The number of hydrogen-bond acceptors (Lipinski definition) is 8. The fourth-order valence-electron chi connectivity index (χ4n) is 2.40. The number of nitrogens with zero attached hydrogens (tertiary/aromatic N) is 2. The lowest BCUT2D eigenvalue weighted by atomic mass is 10.2. The molecule has 0 aliphatic rings. The Morgan fingerprint density at radius 1 is 1.28 bits per heavy atom. The van der Waals surface area contributed by atoms with Crippen molar-refractivity contribution in [1.82, 2.24) is 10.1 Å². The second-order valence-corrected chi connectivity index (χ2v) is 7.97. The highest BCUT2D eigenvalue weighted by Gasteiger charge is 2.14. The standard InChI is InChI=1S/C18H20N4O6S/c1-3-29(24,25)22-13-7-6-12(11-15(13)26-2)19-16(23)8-9-17-20-18(21-28-17)14-5-4-10-27-14/h4-7,10-11,22H,3,8-9H2,1-2H3,(H,19,23). The molecule has 0 fully saturated rings. The number of aryl methyl sites for hydroxylation is 1. The first kappa shape index (κ1) is 20.4. The van der Waals surface area contributed by atoms with Crippen LogP contribution in [0.4, 0.5) is 11.4 Å². The number of benzene rings is 1. The quantitative estimate of drug-likeness (QED) is 0.539. The summed E-state index contributed by atoms with van der Waals surface area (Å²) in [7, 11) is -2.03. The summed E-state index contributed by atoms with van der Waals surface area (Å²) in [6.07, 6.45) is 1.88. The number of methoxy groups -OCH3 is 1. The zero-order valence-corrected chi connectivity index (χ0v) is 16.7. The van der Waals surface area contributed by atoms with E-state index >= 15 is 0 Å². The summed E-state index contributed by atoms with van der Waals surface area (Å²) < 4.78 is 41.4. The van der Waals surface area contributed by atoms with Crippen molar-refractivity contribution in [2.45, 2.75) is 19.8 Å². The molecule has 0 bridgehead atoms. The highest BCUT2D eigenvalue weighted by atomic mass is 32.2. The van der Waals surface area contributed by atoms with E-state index < -0.39 is 10.0 Å². The molecule has 3 rings (SSSR count). The Kier molecular flexibility index (Phi) is 6.17. The van der Waals surface area contributed by atoms with Gasteiger partial charge in [0.1, 0.15) is 5.75 Å². The number of ether oxygens (including phenoxy) is 1. The molecule has 3 aromatic rings. The van der Waals surface area contributed by atoms with Crippen molar-refractivity contribution in [3.63, 3.8) is 0 Å². The minimum Gasteiger partial charge on any atom is -0.494 e. The zero-order chi connectivity index (χ0) is 20.9. The number of rotatable bonds is 9. The lowest BCUT2D eigenvalue weighted by Crippen LogP contribution is -2.16. The number of sulfonamides is 1. The maximum atomic E-state index is 12.2. The molecule has 0 aliphatic carbocycles. The van der Waals surface area contributed by atoms with E-state index in [1.54, 1.807) is 18.2 Å². The number of anilines is 2. The third kappa shape index (κ3) is 5.35. The Hall–Kier alpha value is -3.34. The second kappa shape index (κ2) is 8.78. The van der Waals surface area contributed by atoms with Gasteiger partial charge in [-0.05, 0) is 31.2 Å². The van der Waals surface area contributed by atoms with Crippen molar-refractivity contribution in [3.05, 3.63) is 42.5 Å². The Morgan fingerprint density at radius 3 is 2.79 bits per heavy atom. The summed E-state index contributed by atoms with van der Waals surface area (Å²) in [5.41, 5.74) is 0.761. The topological polar surface area (TPSA) is 137 Å². The maximum absolute atomic E-state index is 12.2. The number of amides is 1. The van der Waals surface area contributed by atoms with Crippen LogP contribution >= 0.6 is 0 Å². The number of furan rings is 1. The third-order valence-electron chi connectivity index (χ3n) is 3.91. The van der Waals surface area contributed by atoms with E-state index in [1.165, 1.54) is 32.4 Å². The number of carbonyl (C=O) groups is 1. The molecule has 29 heavy (non-hydrogen) atoms. The zero-order valence-electron chi connectivity index (χ0n) is 15.8. The van der Waals surface area contributed by atoms with Crippen molar-refractivity contribution >= 4 is 27.3 Å². The lowest BCUT2D eigenvalue weighted by Gasteiger charge is -2.13. The van der Waals surface area contributed by atoms with Crippen LogP contribution in [0, 0.1) is 0 Å². The summed E-state index contributed by atoms with van der Waals surface area (Å²) >= 11 is 0. The molecule has 1 amide bonds. The van der Waals surface area contributed by atoms with E-state index in [0.717, 1.165) is 0 Å². The lowest BCUT2D eigenvalue weighted by molar-refractivity contribution is -0.116. The molecule has 0 atom stereocenters. The highest BCUT2D eigenvalue weighted by Crippen LogP contribution is 2.29. The smallest absolute Gasteiger partial charge is 0.238 e. The van der Waals surface area contributed by atoms with Crippen LogP contribution in [0.2, 0.25) is 0 Å². The van der Waals surface area contributed by atoms with Crippen molar-refractivity contribution in [2.24, 2.45) is 0 Å². The average molecular weight is 420 g/mol. The van der Waals surface area contributed by atoms with E-state index in [1.807, 2.05) is 0 Å². The van der Waals surface area contributed by atoms with Crippen LogP contribution < -0.4 is 14.8 Å². The molecule has 2 aromatic heterocycles. The summed E-state index contributed by atoms with van der Waals surface area (Å²) in [4.78, 5) is 16.4. The Labute approximate surface area is 167 Å². The first-order valence-corrected chi connectivity index (χ1v) is 10.4. The molecule has 154 valence electrons. The molecular formula is C18H20N4O6S. The van der Waals surface area contributed by atoms with Crippen LogP contribution in [0.1, 0.15) is 19.2 Å². The van der Waals surface area contributed by atoms with Crippen LogP contribution in [-0.2, 0) is 21.2 Å². The Morgan fingerprint density at radius 2 is 2.10 bits per heavy atom. The average Bonchev–Trinajstić information content (AvgIpc) is 3.39. The van der Waals surface area contributed by atoms with Crippen molar-refractivity contribution in [1.29, 1.82) is 0 Å². The molecule has 1 aromatic carbocycles. The van der Waals surface area contributed by atoms with E-state index in [0.29, 0.717) is 34.6 Å². The minimum absolute atomic E-state index is 0.0635. The predicted molar refractivity (Wildman–Crippen MR) is 105 cm³/mol. The van der Waals surface area contributed by atoms with Gasteiger partial charge in [0.05, 0.1) is 24.8 Å². The Bertz CT molecular complexity index is 1080. The van der Waals surface area contributed by atoms with Gasteiger partial charge in [0.2, 0.25) is 27.6 Å². The number of aromatic nitrogens is 2. The molecule has 0 spiro atoms. The van der Waals surface area contributed by atoms with Crippen LogP contribution in [0.25, 0.3) is 11.6 Å². The van der Waals surface area contributed by atoms with Crippen molar-refractivity contribution < 1.29 is 26.9 Å². The largest absolute Gasteiger partial charge is 0.494 e. The van der Waals surface area contributed by atoms with Gasteiger partial charge in [0.25, 0.3) is 0 Å². The second-order valence-electron chi connectivity index (χ2n) is 5.96. The van der Waals surface area contributed by atoms with Gasteiger partial charge >= 0.3 is 0 Å². The van der Waals surface area contributed by atoms with Crippen LogP contribution in [0.5, 0.6) is 5.75 Å². The molecular weight excluding hydrogens is 400 g/mol. The summed E-state index contributed by atoms with van der Waals surface area (Å²) in [5.74, 6) is 1.07. The van der Waals surface area contributed by atoms with Crippen molar-refractivity contribution in [2.75, 3.05) is 22.9 Å². The minimum atomic E-state index is -3.44. The molecule has 0 aliphatic heterocycles. The van der Waals surface area contributed by atoms with Gasteiger partial charge in [-0.15, -0.1) is 0 Å². The van der Waals surface area contributed by atoms with Crippen LogP contribution in [0.3, 0.4) is 0 Å². The van der Waals surface area contributed by atoms with Gasteiger partial charge in [-0.3, -0.25) is 9.52 Å². The molecule has 0 saturated heterocycles. The van der Waals surface area contributed by atoms with Crippen molar-refractivity contribution in [3.8, 4) is 17.3 Å². The summed E-state index contributed by atoms with van der Waals surface area (Å²) in [6, 6.07) is 8.06.